The summed E-state index contributed by atoms with van der Waals surface area (Å²) in [5.74, 6) is -0.665. The summed E-state index contributed by atoms with van der Waals surface area (Å²) in [5, 5.41) is 11.1. The standard InChI is InChI=1S/C25H23NO5/c1-14-10-15(2)12-18(11-14)26-22(20-6-5-9-31-20)21(24(28)25(26)29)23(27)17-7-8-19(30-4)16(3)13-17/h5-13,22,27H,1-4H3/b23-21-. The van der Waals surface area contributed by atoms with E-state index in [9.17, 15) is 14.7 Å². The Kier molecular flexibility index (Phi) is 5.15. The summed E-state index contributed by atoms with van der Waals surface area (Å²) < 4.78 is 10.9. The number of furan rings is 1. The van der Waals surface area contributed by atoms with Gasteiger partial charge in [0.25, 0.3) is 11.7 Å². The van der Waals surface area contributed by atoms with Gasteiger partial charge >= 0.3 is 0 Å². The molecule has 2 heterocycles. The van der Waals surface area contributed by atoms with E-state index in [2.05, 4.69) is 0 Å². The van der Waals surface area contributed by atoms with Crippen molar-refractivity contribution in [3.8, 4) is 5.75 Å². The van der Waals surface area contributed by atoms with E-state index < -0.39 is 17.7 Å². The van der Waals surface area contributed by atoms with E-state index in [1.54, 1.807) is 37.4 Å². The van der Waals surface area contributed by atoms with E-state index in [1.807, 2.05) is 39.0 Å². The normalized spacial score (nSPS) is 17.9. The Labute approximate surface area is 180 Å². The first-order chi connectivity index (χ1) is 14.8. The molecule has 4 rings (SSSR count). The summed E-state index contributed by atoms with van der Waals surface area (Å²) in [7, 11) is 1.56. The lowest BCUT2D eigenvalue weighted by Crippen LogP contribution is -2.29. The molecular weight excluding hydrogens is 394 g/mol. The second kappa shape index (κ2) is 7.80. The maximum atomic E-state index is 13.1. The number of carbonyl (C=O) groups excluding carboxylic acids is 2. The smallest absolute Gasteiger partial charge is 0.300 e. The van der Waals surface area contributed by atoms with Crippen LogP contribution >= 0.6 is 0 Å². The maximum absolute atomic E-state index is 13.1. The Hall–Kier alpha value is -3.80. The summed E-state index contributed by atoms with van der Waals surface area (Å²) in [6.07, 6.45) is 1.48. The minimum Gasteiger partial charge on any atom is -0.507 e. The number of amides is 1. The Bertz CT molecular complexity index is 1190. The second-order valence-corrected chi connectivity index (χ2v) is 7.71. The van der Waals surface area contributed by atoms with E-state index in [-0.39, 0.29) is 11.3 Å². The summed E-state index contributed by atoms with van der Waals surface area (Å²) in [4.78, 5) is 27.6. The molecule has 1 amide bonds. The van der Waals surface area contributed by atoms with E-state index in [4.69, 9.17) is 9.15 Å². The monoisotopic (exact) mass is 417 g/mol. The molecule has 1 N–H and O–H groups in total. The van der Waals surface area contributed by atoms with Crippen LogP contribution < -0.4 is 9.64 Å². The fraction of sp³-hybridized carbons (Fsp3) is 0.200. The van der Waals surface area contributed by atoms with Crippen molar-refractivity contribution < 1.29 is 23.8 Å². The number of aryl methyl sites for hydroxylation is 3. The van der Waals surface area contributed by atoms with Crippen molar-refractivity contribution in [1.82, 2.24) is 0 Å². The molecule has 2 aromatic carbocycles. The zero-order valence-corrected chi connectivity index (χ0v) is 17.8. The SMILES string of the molecule is COc1ccc(/C(O)=C2/C(=O)C(=O)N(c3cc(C)cc(C)c3)C2c2ccco2)cc1C. The lowest BCUT2D eigenvalue weighted by molar-refractivity contribution is -0.132. The molecule has 6 nitrogen and oxygen atoms in total. The quantitative estimate of drug-likeness (QED) is 0.373. The number of carbonyl (C=O) groups is 2. The average Bonchev–Trinajstić information content (AvgIpc) is 3.34. The van der Waals surface area contributed by atoms with Crippen LogP contribution in [0.4, 0.5) is 5.69 Å². The van der Waals surface area contributed by atoms with Crippen LogP contribution in [0, 0.1) is 20.8 Å². The lowest BCUT2D eigenvalue weighted by atomic mass is 9.98. The van der Waals surface area contributed by atoms with Gasteiger partial charge in [-0.1, -0.05) is 6.07 Å². The first kappa shape index (κ1) is 20.5. The molecule has 0 bridgehead atoms. The van der Waals surface area contributed by atoms with E-state index >= 15 is 0 Å². The molecule has 0 spiro atoms. The zero-order valence-electron chi connectivity index (χ0n) is 17.8. The number of Topliss-reactive ketones (excluding diaryl/α,β-unsaturated/α-hetero) is 1. The molecule has 0 saturated carbocycles. The summed E-state index contributed by atoms with van der Waals surface area (Å²) in [5.41, 5.74) is 3.70. The number of hydrogen-bond donors (Lipinski definition) is 1. The predicted molar refractivity (Wildman–Crippen MR) is 117 cm³/mol. The Morgan fingerprint density at radius 3 is 2.32 bits per heavy atom. The van der Waals surface area contributed by atoms with Crippen LogP contribution in [0.5, 0.6) is 5.75 Å². The minimum absolute atomic E-state index is 0.0105. The van der Waals surface area contributed by atoms with Gasteiger partial charge in [0.05, 0.1) is 18.9 Å². The van der Waals surface area contributed by atoms with Gasteiger partial charge in [-0.2, -0.15) is 0 Å². The van der Waals surface area contributed by atoms with Gasteiger partial charge in [0.2, 0.25) is 0 Å². The largest absolute Gasteiger partial charge is 0.507 e. The molecule has 0 aliphatic carbocycles. The van der Waals surface area contributed by atoms with Gasteiger partial charge in [0, 0.05) is 11.3 Å². The topological polar surface area (TPSA) is 80.0 Å². The molecule has 1 unspecified atom stereocenters. The third-order valence-corrected chi connectivity index (χ3v) is 5.41. The van der Waals surface area contributed by atoms with Gasteiger partial charge in [0.15, 0.2) is 0 Å². The number of hydrogen-bond acceptors (Lipinski definition) is 5. The van der Waals surface area contributed by atoms with Gasteiger partial charge < -0.3 is 14.3 Å². The fourth-order valence-electron chi connectivity index (χ4n) is 4.09. The Balaban J connectivity index is 1.93. The van der Waals surface area contributed by atoms with Gasteiger partial charge in [-0.05, 0) is 79.9 Å². The highest BCUT2D eigenvalue weighted by Gasteiger charge is 2.48. The van der Waals surface area contributed by atoms with Crippen molar-refractivity contribution in [2.24, 2.45) is 0 Å². The minimum atomic E-state index is -0.876. The number of ether oxygens (including phenoxy) is 1. The van der Waals surface area contributed by atoms with Gasteiger partial charge in [-0.15, -0.1) is 0 Å². The number of ketones is 1. The third-order valence-electron chi connectivity index (χ3n) is 5.41. The fourth-order valence-corrected chi connectivity index (χ4v) is 4.09. The van der Waals surface area contributed by atoms with Crippen molar-refractivity contribution in [1.29, 1.82) is 0 Å². The van der Waals surface area contributed by atoms with Crippen LogP contribution in [0.3, 0.4) is 0 Å². The van der Waals surface area contributed by atoms with Crippen molar-refractivity contribution in [3.63, 3.8) is 0 Å². The molecule has 1 saturated heterocycles. The summed E-state index contributed by atoms with van der Waals surface area (Å²) in [6, 6.07) is 13.3. The van der Waals surface area contributed by atoms with Crippen molar-refractivity contribution in [2.45, 2.75) is 26.8 Å². The van der Waals surface area contributed by atoms with Crippen LogP contribution in [-0.4, -0.2) is 23.9 Å². The molecule has 1 aromatic heterocycles. The van der Waals surface area contributed by atoms with Crippen LogP contribution in [0.25, 0.3) is 5.76 Å². The van der Waals surface area contributed by atoms with Crippen LogP contribution in [0.15, 0.2) is 64.8 Å². The highest BCUT2D eigenvalue weighted by Crippen LogP contribution is 2.43. The third kappa shape index (κ3) is 3.50. The Morgan fingerprint density at radius 2 is 1.74 bits per heavy atom. The van der Waals surface area contributed by atoms with Crippen molar-refractivity contribution in [2.75, 3.05) is 12.0 Å². The van der Waals surface area contributed by atoms with Crippen LogP contribution in [0.1, 0.15) is 34.1 Å². The zero-order chi connectivity index (χ0) is 22.3. The molecule has 3 aromatic rings. The lowest BCUT2D eigenvalue weighted by Gasteiger charge is -2.24. The highest BCUT2D eigenvalue weighted by atomic mass is 16.5. The van der Waals surface area contributed by atoms with E-state index in [0.717, 1.165) is 16.7 Å². The number of rotatable bonds is 4. The number of aliphatic hydroxyl groups excluding tert-OH is 1. The summed E-state index contributed by atoms with van der Waals surface area (Å²) >= 11 is 0. The average molecular weight is 417 g/mol. The predicted octanol–water partition coefficient (Wildman–Crippen LogP) is 4.84. The molecule has 1 aliphatic rings. The van der Waals surface area contributed by atoms with Crippen LogP contribution in [-0.2, 0) is 9.59 Å². The van der Waals surface area contributed by atoms with Crippen molar-refractivity contribution in [3.05, 3.63) is 88.4 Å². The van der Waals surface area contributed by atoms with Gasteiger partial charge in [-0.3, -0.25) is 14.5 Å². The maximum Gasteiger partial charge on any atom is 0.300 e. The first-order valence-corrected chi connectivity index (χ1v) is 9.89. The number of anilines is 1. The molecule has 0 radical (unpaired) electrons. The second-order valence-electron chi connectivity index (χ2n) is 7.71. The number of nitrogens with zero attached hydrogens (tertiary/aromatic N) is 1. The Morgan fingerprint density at radius 1 is 1.03 bits per heavy atom. The number of methoxy groups -OCH3 is 1. The van der Waals surface area contributed by atoms with Gasteiger partial charge in [0.1, 0.15) is 23.3 Å². The molecule has 1 aliphatic heterocycles. The number of benzene rings is 2. The molecule has 158 valence electrons. The highest BCUT2D eigenvalue weighted by molar-refractivity contribution is 6.51. The molecule has 1 fully saturated rings. The summed E-state index contributed by atoms with van der Waals surface area (Å²) in [6.45, 7) is 5.69. The molecule has 6 heteroatoms. The van der Waals surface area contributed by atoms with Crippen molar-refractivity contribution >= 4 is 23.1 Å². The van der Waals surface area contributed by atoms with Crippen LogP contribution in [0.2, 0.25) is 0 Å². The first-order valence-electron chi connectivity index (χ1n) is 9.89. The van der Waals surface area contributed by atoms with E-state index in [1.165, 1.54) is 11.2 Å². The molecule has 31 heavy (non-hydrogen) atoms. The number of aliphatic hydroxyl groups is 1. The molecule has 1 atom stereocenters. The molecular formula is C25H23NO5. The van der Waals surface area contributed by atoms with Gasteiger partial charge in [-0.25, -0.2) is 0 Å². The van der Waals surface area contributed by atoms with E-state index in [0.29, 0.717) is 22.8 Å².